The lowest BCUT2D eigenvalue weighted by Gasteiger charge is -2.13. The summed E-state index contributed by atoms with van der Waals surface area (Å²) in [6.07, 6.45) is 0.520. The topological polar surface area (TPSA) is 71.3 Å². The third kappa shape index (κ3) is 3.11. The number of benzene rings is 1. The standard InChI is InChI=1S/C12H14N2O3/c1-3-16-11-5-9(7-13)10(14-8-15)6-12(11)17-4-2/h5-6,8H,3-4H2,1-2H3,(H,14,15). The van der Waals surface area contributed by atoms with Crippen molar-refractivity contribution in [2.75, 3.05) is 18.5 Å². The molecule has 0 spiro atoms. The lowest BCUT2D eigenvalue weighted by atomic mass is 10.1. The van der Waals surface area contributed by atoms with E-state index in [-0.39, 0.29) is 0 Å². The van der Waals surface area contributed by atoms with Gasteiger partial charge < -0.3 is 14.8 Å². The fourth-order valence-corrected chi connectivity index (χ4v) is 1.37. The predicted octanol–water partition coefficient (Wildman–Crippen LogP) is 1.92. The minimum atomic E-state index is 0.337. The zero-order valence-corrected chi connectivity index (χ0v) is 9.82. The number of rotatable bonds is 6. The van der Waals surface area contributed by atoms with E-state index in [0.29, 0.717) is 42.4 Å². The molecule has 0 aromatic heterocycles. The van der Waals surface area contributed by atoms with Gasteiger partial charge in [-0.3, -0.25) is 4.79 Å². The molecule has 1 N–H and O–H groups in total. The fraction of sp³-hybridized carbons (Fsp3) is 0.333. The SMILES string of the molecule is CCOc1cc(C#N)c(NC=O)cc1OCC. The molecule has 1 aromatic carbocycles. The molecule has 17 heavy (non-hydrogen) atoms. The Morgan fingerprint density at radius 3 is 2.35 bits per heavy atom. The molecule has 90 valence electrons. The molecule has 0 saturated heterocycles. The van der Waals surface area contributed by atoms with E-state index >= 15 is 0 Å². The van der Waals surface area contributed by atoms with Crippen molar-refractivity contribution in [3.05, 3.63) is 17.7 Å². The molecule has 0 heterocycles. The summed E-state index contributed by atoms with van der Waals surface area (Å²) < 4.78 is 10.8. The van der Waals surface area contributed by atoms with Gasteiger partial charge in [-0.1, -0.05) is 0 Å². The van der Waals surface area contributed by atoms with Crippen LogP contribution in [0.2, 0.25) is 0 Å². The van der Waals surface area contributed by atoms with Crippen LogP contribution in [0, 0.1) is 11.3 Å². The van der Waals surface area contributed by atoms with Gasteiger partial charge in [-0.25, -0.2) is 0 Å². The van der Waals surface area contributed by atoms with Crippen molar-refractivity contribution in [3.8, 4) is 17.6 Å². The maximum absolute atomic E-state index is 10.4. The zero-order valence-electron chi connectivity index (χ0n) is 9.82. The smallest absolute Gasteiger partial charge is 0.211 e. The second kappa shape index (κ2) is 6.38. The number of carbonyl (C=O) groups is 1. The normalized spacial score (nSPS) is 9.24. The summed E-state index contributed by atoms with van der Waals surface area (Å²) in [5.74, 6) is 1.01. The summed E-state index contributed by atoms with van der Waals surface area (Å²) in [4.78, 5) is 10.4. The Bertz CT molecular complexity index is 438. The summed E-state index contributed by atoms with van der Waals surface area (Å²) >= 11 is 0. The first-order valence-electron chi connectivity index (χ1n) is 5.30. The number of hydrogen-bond acceptors (Lipinski definition) is 4. The number of carbonyl (C=O) groups excluding carboxylic acids is 1. The molecule has 0 unspecified atom stereocenters. The maximum atomic E-state index is 10.4. The summed E-state index contributed by atoms with van der Waals surface area (Å²) in [5.41, 5.74) is 0.749. The monoisotopic (exact) mass is 234 g/mol. The van der Waals surface area contributed by atoms with Crippen LogP contribution in [0.3, 0.4) is 0 Å². The highest BCUT2D eigenvalue weighted by molar-refractivity contribution is 5.77. The van der Waals surface area contributed by atoms with Crippen LogP contribution < -0.4 is 14.8 Å². The van der Waals surface area contributed by atoms with E-state index in [4.69, 9.17) is 14.7 Å². The quantitative estimate of drug-likeness (QED) is 0.763. The Morgan fingerprint density at radius 1 is 1.29 bits per heavy atom. The molecule has 0 aliphatic heterocycles. The number of ether oxygens (including phenoxy) is 2. The van der Waals surface area contributed by atoms with Crippen molar-refractivity contribution in [1.82, 2.24) is 0 Å². The lowest BCUT2D eigenvalue weighted by molar-refractivity contribution is -0.105. The van der Waals surface area contributed by atoms with Gasteiger partial charge >= 0.3 is 0 Å². The second-order valence-corrected chi connectivity index (χ2v) is 3.08. The molecule has 0 fully saturated rings. The molecule has 0 saturated carbocycles. The van der Waals surface area contributed by atoms with Crippen molar-refractivity contribution in [1.29, 1.82) is 5.26 Å². The molecule has 1 rings (SSSR count). The van der Waals surface area contributed by atoms with Gasteiger partial charge in [-0.05, 0) is 13.8 Å². The summed E-state index contributed by atoms with van der Waals surface area (Å²) in [6.45, 7) is 4.65. The highest BCUT2D eigenvalue weighted by Crippen LogP contribution is 2.33. The molecule has 1 aromatic rings. The molecule has 0 aliphatic rings. The largest absolute Gasteiger partial charge is 0.490 e. The predicted molar refractivity (Wildman–Crippen MR) is 63.2 cm³/mol. The fourth-order valence-electron chi connectivity index (χ4n) is 1.37. The average Bonchev–Trinajstić information content (AvgIpc) is 2.33. The van der Waals surface area contributed by atoms with Crippen LogP contribution in [0.25, 0.3) is 0 Å². The molecular formula is C12H14N2O3. The second-order valence-electron chi connectivity index (χ2n) is 3.08. The Kier molecular flexibility index (Phi) is 4.82. The zero-order chi connectivity index (χ0) is 12.7. The van der Waals surface area contributed by atoms with Crippen molar-refractivity contribution in [3.63, 3.8) is 0 Å². The van der Waals surface area contributed by atoms with E-state index < -0.39 is 0 Å². The van der Waals surface area contributed by atoms with Crippen LogP contribution in [0.15, 0.2) is 12.1 Å². The first-order chi connectivity index (χ1) is 8.26. The third-order valence-corrected chi connectivity index (χ3v) is 2.02. The number of amides is 1. The van der Waals surface area contributed by atoms with E-state index in [1.807, 2.05) is 19.9 Å². The Morgan fingerprint density at radius 2 is 1.88 bits per heavy atom. The van der Waals surface area contributed by atoms with Gasteiger partial charge in [0.25, 0.3) is 0 Å². The first kappa shape index (κ1) is 12.8. The first-order valence-corrected chi connectivity index (χ1v) is 5.30. The molecular weight excluding hydrogens is 220 g/mol. The van der Waals surface area contributed by atoms with Gasteiger partial charge in [-0.15, -0.1) is 0 Å². The Balaban J connectivity index is 3.21. The van der Waals surface area contributed by atoms with Gasteiger partial charge in [0.2, 0.25) is 6.41 Å². The van der Waals surface area contributed by atoms with Crippen LogP contribution in [-0.4, -0.2) is 19.6 Å². The molecule has 0 aliphatic carbocycles. The maximum Gasteiger partial charge on any atom is 0.211 e. The number of nitrogens with zero attached hydrogens (tertiary/aromatic N) is 1. The van der Waals surface area contributed by atoms with Crippen molar-refractivity contribution in [2.24, 2.45) is 0 Å². The molecule has 1 amide bonds. The van der Waals surface area contributed by atoms with Crippen molar-refractivity contribution in [2.45, 2.75) is 13.8 Å². The van der Waals surface area contributed by atoms with E-state index in [2.05, 4.69) is 5.32 Å². The number of nitriles is 1. The van der Waals surface area contributed by atoms with Crippen molar-refractivity contribution >= 4 is 12.1 Å². The van der Waals surface area contributed by atoms with Crippen LogP contribution in [0.1, 0.15) is 19.4 Å². The molecule has 0 atom stereocenters. The van der Waals surface area contributed by atoms with Crippen molar-refractivity contribution < 1.29 is 14.3 Å². The van der Waals surface area contributed by atoms with E-state index in [1.165, 1.54) is 0 Å². The molecule has 0 radical (unpaired) electrons. The summed E-state index contributed by atoms with van der Waals surface area (Å²) in [7, 11) is 0. The lowest BCUT2D eigenvalue weighted by Crippen LogP contribution is -2.02. The van der Waals surface area contributed by atoms with Crippen LogP contribution in [-0.2, 0) is 4.79 Å². The molecule has 0 bridgehead atoms. The van der Waals surface area contributed by atoms with Crippen LogP contribution in [0.4, 0.5) is 5.69 Å². The average molecular weight is 234 g/mol. The Hall–Kier alpha value is -2.22. The van der Waals surface area contributed by atoms with E-state index in [9.17, 15) is 4.79 Å². The van der Waals surface area contributed by atoms with Gasteiger partial charge in [-0.2, -0.15) is 5.26 Å². The van der Waals surface area contributed by atoms with E-state index in [1.54, 1.807) is 12.1 Å². The summed E-state index contributed by atoms with van der Waals surface area (Å²) in [6, 6.07) is 5.13. The van der Waals surface area contributed by atoms with E-state index in [0.717, 1.165) is 0 Å². The number of anilines is 1. The van der Waals surface area contributed by atoms with Gasteiger partial charge in [0, 0.05) is 12.1 Å². The molecule has 5 heteroatoms. The number of nitrogens with one attached hydrogen (secondary N) is 1. The van der Waals surface area contributed by atoms with Crippen LogP contribution >= 0.6 is 0 Å². The van der Waals surface area contributed by atoms with Gasteiger partial charge in [0.1, 0.15) is 6.07 Å². The highest BCUT2D eigenvalue weighted by atomic mass is 16.5. The minimum Gasteiger partial charge on any atom is -0.490 e. The third-order valence-electron chi connectivity index (χ3n) is 2.02. The molecule has 5 nitrogen and oxygen atoms in total. The number of hydrogen-bond donors (Lipinski definition) is 1. The van der Waals surface area contributed by atoms with Gasteiger partial charge in [0.15, 0.2) is 11.5 Å². The van der Waals surface area contributed by atoms with Gasteiger partial charge in [0.05, 0.1) is 24.5 Å². The Labute approximate surface area is 100.0 Å². The highest BCUT2D eigenvalue weighted by Gasteiger charge is 2.11. The van der Waals surface area contributed by atoms with Crippen LogP contribution in [0.5, 0.6) is 11.5 Å². The summed E-state index contributed by atoms with van der Waals surface area (Å²) in [5, 5.41) is 11.4. The minimum absolute atomic E-state index is 0.337.